The van der Waals surface area contributed by atoms with Gasteiger partial charge in [-0.15, -0.1) is 0 Å². The second kappa shape index (κ2) is 2.64. The van der Waals surface area contributed by atoms with Crippen molar-refractivity contribution in [2.24, 2.45) is 10.2 Å². The Labute approximate surface area is 60.2 Å². The van der Waals surface area contributed by atoms with Gasteiger partial charge in [-0.25, -0.2) is 0 Å². The van der Waals surface area contributed by atoms with E-state index in [1.54, 1.807) is 14.2 Å². The molecule has 0 aromatic heterocycles. The normalized spacial score (nSPS) is 20.0. The van der Waals surface area contributed by atoms with Crippen molar-refractivity contribution in [2.45, 2.75) is 25.3 Å². The quantitative estimate of drug-likeness (QED) is 0.556. The monoisotopic (exact) mass is 144 g/mol. The molecule has 0 unspecified atom stereocenters. The van der Waals surface area contributed by atoms with E-state index in [9.17, 15) is 0 Å². The fraction of sp³-hybridized carbons (Fsp3) is 1.00. The smallest absolute Gasteiger partial charge is 0.193 e. The minimum Gasteiger partial charge on any atom is -0.356 e. The van der Waals surface area contributed by atoms with Crippen molar-refractivity contribution in [3.05, 3.63) is 0 Å². The summed E-state index contributed by atoms with van der Waals surface area (Å²) in [6.07, 6.45) is 0.528. The topological polar surface area (TPSA) is 43.2 Å². The highest BCUT2D eigenvalue weighted by atomic mass is 16.7. The molecule has 1 aliphatic heterocycles. The summed E-state index contributed by atoms with van der Waals surface area (Å²) < 4.78 is 9.95. The van der Waals surface area contributed by atoms with Crippen molar-refractivity contribution in [1.82, 2.24) is 0 Å². The van der Waals surface area contributed by atoms with Gasteiger partial charge in [-0.1, -0.05) is 0 Å². The molecule has 0 saturated heterocycles. The molecule has 0 saturated carbocycles. The lowest BCUT2D eigenvalue weighted by Crippen LogP contribution is -2.21. The first kappa shape index (κ1) is 7.63. The Morgan fingerprint density at radius 3 is 2.10 bits per heavy atom. The summed E-state index contributed by atoms with van der Waals surface area (Å²) in [5.41, 5.74) is -0.226. The Hall–Kier alpha value is -0.480. The van der Waals surface area contributed by atoms with Gasteiger partial charge in [0.15, 0.2) is 12.0 Å². The summed E-state index contributed by atoms with van der Waals surface area (Å²) in [6, 6.07) is 0. The van der Waals surface area contributed by atoms with E-state index in [-0.39, 0.29) is 12.0 Å². The molecule has 0 aliphatic carbocycles. The molecule has 0 amide bonds. The Morgan fingerprint density at radius 1 is 1.30 bits per heavy atom. The molecule has 0 spiro atoms. The molecule has 58 valence electrons. The molecular weight excluding hydrogens is 132 g/mol. The van der Waals surface area contributed by atoms with Gasteiger partial charge < -0.3 is 9.47 Å². The third-order valence-electron chi connectivity index (χ3n) is 1.52. The van der Waals surface area contributed by atoms with E-state index < -0.39 is 0 Å². The van der Waals surface area contributed by atoms with E-state index in [1.165, 1.54) is 0 Å². The number of rotatable bonds is 4. The molecule has 1 heterocycles. The minimum atomic E-state index is -0.226. The molecule has 10 heavy (non-hydrogen) atoms. The lowest BCUT2D eigenvalue weighted by molar-refractivity contribution is -0.111. The molecule has 0 radical (unpaired) electrons. The van der Waals surface area contributed by atoms with Gasteiger partial charge in [-0.3, -0.25) is 0 Å². The van der Waals surface area contributed by atoms with E-state index >= 15 is 0 Å². The van der Waals surface area contributed by atoms with E-state index in [2.05, 4.69) is 10.2 Å². The summed E-state index contributed by atoms with van der Waals surface area (Å²) in [6.45, 7) is 1.94. The van der Waals surface area contributed by atoms with Crippen LogP contribution in [-0.4, -0.2) is 26.2 Å². The average molecular weight is 144 g/mol. The third kappa shape index (κ3) is 1.75. The standard InChI is InChI=1S/C6H12N2O2/c1-6(7-8-6)4-5(9-2)10-3/h5H,4H2,1-3H3. The molecule has 0 aromatic rings. The van der Waals surface area contributed by atoms with E-state index in [4.69, 9.17) is 9.47 Å². The van der Waals surface area contributed by atoms with Crippen LogP contribution in [0.4, 0.5) is 0 Å². The summed E-state index contributed by atoms with van der Waals surface area (Å²) in [5, 5.41) is 7.67. The number of nitrogens with zero attached hydrogens (tertiary/aromatic N) is 2. The summed E-state index contributed by atoms with van der Waals surface area (Å²) >= 11 is 0. The van der Waals surface area contributed by atoms with E-state index in [0.717, 1.165) is 0 Å². The van der Waals surface area contributed by atoms with Gasteiger partial charge in [0.05, 0.1) is 0 Å². The van der Waals surface area contributed by atoms with Crippen LogP contribution in [0.25, 0.3) is 0 Å². The molecular formula is C6H12N2O2. The maximum atomic E-state index is 4.97. The zero-order valence-electron chi connectivity index (χ0n) is 6.50. The number of hydrogen-bond donors (Lipinski definition) is 0. The van der Waals surface area contributed by atoms with Gasteiger partial charge in [0.2, 0.25) is 0 Å². The summed E-state index contributed by atoms with van der Waals surface area (Å²) in [4.78, 5) is 0. The Bertz CT molecular complexity index is 137. The van der Waals surface area contributed by atoms with Crippen molar-refractivity contribution in [3.8, 4) is 0 Å². The van der Waals surface area contributed by atoms with Crippen LogP contribution >= 0.6 is 0 Å². The molecule has 4 heteroatoms. The molecule has 0 atom stereocenters. The largest absolute Gasteiger partial charge is 0.356 e. The van der Waals surface area contributed by atoms with E-state index in [1.807, 2.05) is 6.92 Å². The lowest BCUT2D eigenvalue weighted by Gasteiger charge is -2.13. The van der Waals surface area contributed by atoms with Crippen LogP contribution in [0.1, 0.15) is 13.3 Å². The van der Waals surface area contributed by atoms with Gasteiger partial charge in [-0.05, 0) is 6.92 Å². The Morgan fingerprint density at radius 2 is 1.80 bits per heavy atom. The first-order chi connectivity index (χ1) is 4.70. The summed E-state index contributed by atoms with van der Waals surface area (Å²) in [5.74, 6) is 0. The fourth-order valence-corrected chi connectivity index (χ4v) is 0.746. The van der Waals surface area contributed by atoms with E-state index in [0.29, 0.717) is 6.42 Å². The van der Waals surface area contributed by atoms with Crippen molar-refractivity contribution in [1.29, 1.82) is 0 Å². The van der Waals surface area contributed by atoms with Crippen LogP contribution in [-0.2, 0) is 9.47 Å². The third-order valence-corrected chi connectivity index (χ3v) is 1.52. The SMILES string of the molecule is COC(CC1(C)N=N1)OC. The van der Waals surface area contributed by atoms with Gasteiger partial charge in [0, 0.05) is 20.6 Å². The van der Waals surface area contributed by atoms with Crippen LogP contribution in [0.2, 0.25) is 0 Å². The van der Waals surface area contributed by atoms with Crippen LogP contribution in [0, 0.1) is 0 Å². The molecule has 0 aromatic carbocycles. The second-order valence-electron chi connectivity index (χ2n) is 2.52. The van der Waals surface area contributed by atoms with Gasteiger partial charge in [-0.2, -0.15) is 10.2 Å². The molecule has 1 rings (SSSR count). The van der Waals surface area contributed by atoms with Crippen LogP contribution < -0.4 is 0 Å². The van der Waals surface area contributed by atoms with Crippen LogP contribution in [0.3, 0.4) is 0 Å². The Kier molecular flexibility index (Phi) is 2.01. The highest BCUT2D eigenvalue weighted by Gasteiger charge is 2.36. The highest BCUT2D eigenvalue weighted by molar-refractivity contribution is 4.88. The first-order valence-corrected chi connectivity index (χ1v) is 3.20. The van der Waals surface area contributed by atoms with Crippen molar-refractivity contribution < 1.29 is 9.47 Å². The summed E-state index contributed by atoms with van der Waals surface area (Å²) in [7, 11) is 3.22. The first-order valence-electron chi connectivity index (χ1n) is 3.20. The second-order valence-corrected chi connectivity index (χ2v) is 2.52. The predicted octanol–water partition coefficient (Wildman–Crippen LogP) is 1.18. The highest BCUT2D eigenvalue weighted by Crippen LogP contribution is 2.32. The van der Waals surface area contributed by atoms with Crippen LogP contribution in [0.15, 0.2) is 10.2 Å². The molecule has 0 fully saturated rings. The van der Waals surface area contributed by atoms with Gasteiger partial charge >= 0.3 is 0 Å². The van der Waals surface area contributed by atoms with Crippen molar-refractivity contribution >= 4 is 0 Å². The maximum absolute atomic E-state index is 4.97. The average Bonchev–Trinajstić information content (AvgIpc) is 2.64. The van der Waals surface area contributed by atoms with Crippen LogP contribution in [0.5, 0.6) is 0 Å². The molecule has 0 bridgehead atoms. The number of hydrogen-bond acceptors (Lipinski definition) is 4. The zero-order valence-corrected chi connectivity index (χ0v) is 6.50. The van der Waals surface area contributed by atoms with Crippen molar-refractivity contribution in [3.63, 3.8) is 0 Å². The fourth-order valence-electron chi connectivity index (χ4n) is 0.746. The van der Waals surface area contributed by atoms with Gasteiger partial charge in [0.25, 0.3) is 0 Å². The van der Waals surface area contributed by atoms with Gasteiger partial charge in [0.1, 0.15) is 0 Å². The lowest BCUT2D eigenvalue weighted by atomic mass is 10.2. The maximum Gasteiger partial charge on any atom is 0.193 e. The molecule has 4 nitrogen and oxygen atoms in total. The van der Waals surface area contributed by atoms with Crippen molar-refractivity contribution in [2.75, 3.05) is 14.2 Å². The minimum absolute atomic E-state index is 0.181. The zero-order chi connectivity index (χ0) is 7.61. The Balaban J connectivity index is 2.22. The number of methoxy groups -OCH3 is 2. The molecule has 0 N–H and O–H groups in total. The predicted molar refractivity (Wildman–Crippen MR) is 35.7 cm³/mol. The number of ether oxygens (including phenoxy) is 2. The molecule has 1 aliphatic rings.